The third kappa shape index (κ3) is 7.02. The molecule has 17 heavy (non-hydrogen) atoms. The van der Waals surface area contributed by atoms with Gasteiger partial charge in [0.05, 0.1) is 5.60 Å². The van der Waals surface area contributed by atoms with Crippen LogP contribution in [0.15, 0.2) is 0 Å². The van der Waals surface area contributed by atoms with E-state index in [0.717, 1.165) is 12.8 Å². The Labute approximate surface area is 107 Å². The maximum atomic E-state index is 5.70. The average molecular weight is 244 g/mol. The monoisotopic (exact) mass is 244 g/mol. The van der Waals surface area contributed by atoms with Crippen molar-refractivity contribution in [2.24, 2.45) is 11.8 Å². The molecule has 0 aliphatic carbocycles. The maximum Gasteiger partial charge on any atom is 0.0623 e. The van der Waals surface area contributed by atoms with E-state index in [-0.39, 0.29) is 5.60 Å². The Bertz CT molecular complexity index is 183. The predicted octanol–water partition coefficient (Wildman–Crippen LogP) is 3.24. The zero-order chi connectivity index (χ0) is 13.3. The van der Waals surface area contributed by atoms with Crippen LogP contribution >= 0.6 is 0 Å². The summed E-state index contributed by atoms with van der Waals surface area (Å²) in [5, 5.41) is 0. The van der Waals surface area contributed by atoms with Crippen molar-refractivity contribution >= 4 is 0 Å². The minimum atomic E-state index is -0.0435. The average Bonchev–Trinajstić information content (AvgIpc) is 2.33. The highest BCUT2D eigenvalue weighted by atomic mass is 16.5. The minimum absolute atomic E-state index is 0.0435. The number of methoxy groups -OCH3 is 1. The molecule has 0 saturated heterocycles. The van der Waals surface area contributed by atoms with Gasteiger partial charge in [-0.25, -0.2) is 0 Å². The molecule has 0 aromatic carbocycles. The van der Waals surface area contributed by atoms with E-state index < -0.39 is 0 Å². The van der Waals surface area contributed by atoms with Gasteiger partial charge in [0.2, 0.25) is 0 Å². The molecule has 0 amide bonds. The second-order valence-corrected chi connectivity index (χ2v) is 5.59. The van der Waals surface area contributed by atoms with Crippen LogP contribution in [0, 0.1) is 5.92 Å². The summed E-state index contributed by atoms with van der Waals surface area (Å²) >= 11 is 0. The number of nitrogens with one attached hydrogen (secondary N) is 1. The molecule has 0 fully saturated rings. The van der Waals surface area contributed by atoms with Gasteiger partial charge < -0.3 is 4.74 Å². The van der Waals surface area contributed by atoms with Crippen LogP contribution in [-0.4, -0.2) is 18.8 Å². The molecule has 3 nitrogen and oxygen atoms in total. The molecule has 3 N–H and O–H groups in total. The Morgan fingerprint density at radius 3 is 2.29 bits per heavy atom. The molecule has 0 aromatic rings. The van der Waals surface area contributed by atoms with Crippen LogP contribution in [0.25, 0.3) is 0 Å². The number of nitrogens with two attached hydrogens (primary N) is 1. The molecule has 0 aliphatic heterocycles. The summed E-state index contributed by atoms with van der Waals surface area (Å²) in [7, 11) is 1.78. The van der Waals surface area contributed by atoms with Crippen LogP contribution in [0.3, 0.4) is 0 Å². The summed E-state index contributed by atoms with van der Waals surface area (Å²) in [5.74, 6) is 6.39. The molecule has 0 radical (unpaired) electrons. The second-order valence-electron chi connectivity index (χ2n) is 5.59. The zero-order valence-electron chi connectivity index (χ0n) is 12.4. The Morgan fingerprint density at radius 2 is 1.88 bits per heavy atom. The fourth-order valence-corrected chi connectivity index (χ4v) is 2.22. The van der Waals surface area contributed by atoms with Crippen LogP contribution in [0.4, 0.5) is 0 Å². The van der Waals surface area contributed by atoms with E-state index in [4.69, 9.17) is 10.6 Å². The molecule has 104 valence electrons. The lowest BCUT2D eigenvalue weighted by atomic mass is 9.86. The van der Waals surface area contributed by atoms with Crippen molar-refractivity contribution in [1.82, 2.24) is 5.43 Å². The van der Waals surface area contributed by atoms with Crippen molar-refractivity contribution in [2.75, 3.05) is 7.11 Å². The molecule has 0 saturated carbocycles. The Balaban J connectivity index is 4.19. The first-order valence-corrected chi connectivity index (χ1v) is 7.02. The standard InChI is InChI=1S/C14H32N2O/c1-6-8-9-12(7-2)13(16-15)10-11-14(3,4)17-5/h12-13,16H,6-11,15H2,1-5H3. The van der Waals surface area contributed by atoms with Crippen molar-refractivity contribution in [1.29, 1.82) is 0 Å². The summed E-state index contributed by atoms with van der Waals surface area (Å²) in [6.45, 7) is 8.76. The summed E-state index contributed by atoms with van der Waals surface area (Å²) in [4.78, 5) is 0. The number of ether oxygens (including phenoxy) is 1. The second kappa shape index (κ2) is 8.90. The normalized spacial score (nSPS) is 15.9. The molecule has 0 spiro atoms. The molecule has 0 bridgehead atoms. The Kier molecular flexibility index (Phi) is 8.83. The van der Waals surface area contributed by atoms with E-state index in [9.17, 15) is 0 Å². The molecule has 0 rings (SSSR count). The van der Waals surface area contributed by atoms with Gasteiger partial charge in [0.25, 0.3) is 0 Å². The fourth-order valence-electron chi connectivity index (χ4n) is 2.22. The Hall–Kier alpha value is -0.120. The quantitative estimate of drug-likeness (QED) is 0.458. The van der Waals surface area contributed by atoms with Gasteiger partial charge in [-0.15, -0.1) is 0 Å². The highest BCUT2D eigenvalue weighted by molar-refractivity contribution is 4.78. The number of hydrogen-bond donors (Lipinski definition) is 2. The number of hydrazine groups is 1. The van der Waals surface area contributed by atoms with Gasteiger partial charge in [0, 0.05) is 13.2 Å². The van der Waals surface area contributed by atoms with Crippen LogP contribution < -0.4 is 11.3 Å². The molecule has 2 unspecified atom stereocenters. The lowest BCUT2D eigenvalue weighted by Gasteiger charge is -2.30. The molecule has 3 heteroatoms. The molecule has 0 aliphatic rings. The topological polar surface area (TPSA) is 47.3 Å². The number of hydrogen-bond acceptors (Lipinski definition) is 3. The fraction of sp³-hybridized carbons (Fsp3) is 1.00. The lowest BCUT2D eigenvalue weighted by molar-refractivity contribution is 0.00991. The Morgan fingerprint density at radius 1 is 1.24 bits per heavy atom. The number of unbranched alkanes of at least 4 members (excludes halogenated alkanes) is 1. The van der Waals surface area contributed by atoms with Gasteiger partial charge in [0.1, 0.15) is 0 Å². The van der Waals surface area contributed by atoms with E-state index in [1.165, 1.54) is 25.7 Å². The first kappa shape index (κ1) is 16.9. The van der Waals surface area contributed by atoms with Gasteiger partial charge in [-0.2, -0.15) is 0 Å². The highest BCUT2D eigenvalue weighted by Crippen LogP contribution is 2.23. The minimum Gasteiger partial charge on any atom is -0.379 e. The third-order valence-corrected chi connectivity index (χ3v) is 3.85. The van der Waals surface area contributed by atoms with E-state index in [2.05, 4.69) is 33.1 Å². The lowest BCUT2D eigenvalue weighted by Crippen LogP contribution is -2.42. The zero-order valence-corrected chi connectivity index (χ0v) is 12.4. The largest absolute Gasteiger partial charge is 0.379 e. The van der Waals surface area contributed by atoms with Gasteiger partial charge in [-0.1, -0.05) is 33.1 Å². The molecular formula is C14H32N2O. The SMILES string of the molecule is CCCCC(CC)C(CCC(C)(C)OC)NN. The summed E-state index contributed by atoms with van der Waals surface area (Å²) in [5.41, 5.74) is 2.96. The predicted molar refractivity (Wildman–Crippen MR) is 74.7 cm³/mol. The van der Waals surface area contributed by atoms with Crippen LogP contribution in [0.5, 0.6) is 0 Å². The van der Waals surface area contributed by atoms with Crippen molar-refractivity contribution in [3.05, 3.63) is 0 Å². The third-order valence-electron chi connectivity index (χ3n) is 3.85. The smallest absolute Gasteiger partial charge is 0.0623 e. The van der Waals surface area contributed by atoms with E-state index >= 15 is 0 Å². The maximum absolute atomic E-state index is 5.70. The number of rotatable bonds is 10. The van der Waals surface area contributed by atoms with Gasteiger partial charge in [-0.05, 0) is 39.0 Å². The van der Waals surface area contributed by atoms with Crippen molar-refractivity contribution < 1.29 is 4.74 Å². The van der Waals surface area contributed by atoms with Gasteiger partial charge >= 0.3 is 0 Å². The van der Waals surface area contributed by atoms with E-state index in [0.29, 0.717) is 12.0 Å². The van der Waals surface area contributed by atoms with Crippen molar-refractivity contribution in [3.8, 4) is 0 Å². The molecular weight excluding hydrogens is 212 g/mol. The van der Waals surface area contributed by atoms with Crippen LogP contribution in [-0.2, 0) is 4.74 Å². The van der Waals surface area contributed by atoms with Crippen LogP contribution in [0.2, 0.25) is 0 Å². The van der Waals surface area contributed by atoms with Gasteiger partial charge in [0.15, 0.2) is 0 Å². The van der Waals surface area contributed by atoms with Gasteiger partial charge in [-0.3, -0.25) is 11.3 Å². The van der Waals surface area contributed by atoms with Crippen LogP contribution in [0.1, 0.15) is 66.2 Å². The van der Waals surface area contributed by atoms with Crippen molar-refractivity contribution in [3.63, 3.8) is 0 Å². The van der Waals surface area contributed by atoms with E-state index in [1.54, 1.807) is 7.11 Å². The van der Waals surface area contributed by atoms with E-state index in [1.807, 2.05) is 0 Å². The first-order valence-electron chi connectivity index (χ1n) is 7.02. The summed E-state index contributed by atoms with van der Waals surface area (Å²) in [6, 6.07) is 0.418. The summed E-state index contributed by atoms with van der Waals surface area (Å²) < 4.78 is 5.46. The van der Waals surface area contributed by atoms with Crippen molar-refractivity contribution in [2.45, 2.75) is 77.9 Å². The molecule has 0 aromatic heterocycles. The summed E-state index contributed by atoms with van der Waals surface area (Å²) in [6.07, 6.45) is 7.15. The molecule has 0 heterocycles. The first-order chi connectivity index (χ1) is 8.00. The molecule has 2 atom stereocenters. The highest BCUT2D eigenvalue weighted by Gasteiger charge is 2.23.